The Kier molecular flexibility index (Phi) is 9.01. The zero-order chi connectivity index (χ0) is 23.0. The Hall–Kier alpha value is -1.98. The van der Waals surface area contributed by atoms with E-state index in [2.05, 4.69) is 0 Å². The minimum Gasteiger partial charge on any atom is -0.460 e. The molecule has 0 heterocycles. The molecule has 2 rings (SSSR count). The second-order valence-electron chi connectivity index (χ2n) is 9.17. The van der Waals surface area contributed by atoms with Gasteiger partial charge in [0.15, 0.2) is 0 Å². The predicted octanol–water partition coefficient (Wildman–Crippen LogP) is 6.30. The van der Waals surface area contributed by atoms with Crippen LogP contribution < -0.4 is 0 Å². The van der Waals surface area contributed by atoms with E-state index in [0.717, 1.165) is 11.1 Å². The van der Waals surface area contributed by atoms with Crippen LogP contribution in [0.4, 0.5) is 0 Å². The SMILES string of the molecule is CC(C)(COP(=O)(OCc1ccccc1)OCc1ccccc1)CC(=O)OC(C)(C)C. The molecule has 0 saturated carbocycles. The van der Waals surface area contributed by atoms with E-state index >= 15 is 0 Å². The first-order valence-corrected chi connectivity index (χ1v) is 11.8. The van der Waals surface area contributed by atoms with Crippen LogP contribution >= 0.6 is 7.82 Å². The first-order chi connectivity index (χ1) is 14.5. The van der Waals surface area contributed by atoms with Crippen molar-refractivity contribution in [2.45, 2.75) is 59.9 Å². The lowest BCUT2D eigenvalue weighted by molar-refractivity contribution is -0.157. The first-order valence-electron chi connectivity index (χ1n) is 10.3. The van der Waals surface area contributed by atoms with Crippen LogP contribution in [0, 0.1) is 5.41 Å². The van der Waals surface area contributed by atoms with Crippen molar-refractivity contribution in [3.8, 4) is 0 Å². The molecule has 0 atom stereocenters. The van der Waals surface area contributed by atoms with Crippen LogP contribution in [0.15, 0.2) is 60.7 Å². The van der Waals surface area contributed by atoms with Gasteiger partial charge in [-0.25, -0.2) is 4.57 Å². The third-order valence-corrected chi connectivity index (χ3v) is 5.46. The maximum atomic E-state index is 13.3. The van der Waals surface area contributed by atoms with Gasteiger partial charge in [-0.2, -0.15) is 0 Å². The first kappa shape index (κ1) is 25.3. The molecule has 0 aliphatic carbocycles. The third-order valence-electron chi connectivity index (χ3n) is 4.12. The quantitative estimate of drug-likeness (QED) is 0.297. The molecule has 0 bridgehead atoms. The number of benzene rings is 2. The smallest absolute Gasteiger partial charge is 0.460 e. The van der Waals surface area contributed by atoms with Gasteiger partial charge in [-0.1, -0.05) is 74.5 Å². The minimum absolute atomic E-state index is 0.00704. The van der Waals surface area contributed by atoms with E-state index in [-0.39, 0.29) is 32.2 Å². The summed E-state index contributed by atoms with van der Waals surface area (Å²) in [6.07, 6.45) is 0.113. The van der Waals surface area contributed by atoms with Gasteiger partial charge >= 0.3 is 13.8 Å². The maximum Gasteiger partial charge on any atom is 0.475 e. The predicted molar refractivity (Wildman–Crippen MR) is 120 cm³/mol. The van der Waals surface area contributed by atoms with E-state index in [1.807, 2.05) is 95.3 Å². The molecule has 2 aromatic rings. The molecule has 31 heavy (non-hydrogen) atoms. The molecule has 0 aliphatic heterocycles. The number of carbonyl (C=O) groups excluding carboxylic acids is 1. The fourth-order valence-electron chi connectivity index (χ4n) is 2.64. The van der Waals surface area contributed by atoms with Gasteiger partial charge in [0.2, 0.25) is 0 Å². The van der Waals surface area contributed by atoms with E-state index in [4.69, 9.17) is 18.3 Å². The number of hydrogen-bond acceptors (Lipinski definition) is 6. The summed E-state index contributed by atoms with van der Waals surface area (Å²) in [5.74, 6) is -0.341. The lowest BCUT2D eigenvalue weighted by Gasteiger charge is -2.28. The van der Waals surface area contributed by atoms with Crippen LogP contribution in [0.5, 0.6) is 0 Å². The standard InChI is InChI=1S/C24H33O6P/c1-23(2,3)30-22(25)16-24(4,5)19-29-31(26,27-17-20-12-8-6-9-13-20)28-18-21-14-10-7-11-15-21/h6-15H,16-19H2,1-5H3. The summed E-state index contributed by atoms with van der Waals surface area (Å²) in [7, 11) is -3.88. The molecule has 0 unspecified atom stereocenters. The molecule has 6 nitrogen and oxygen atoms in total. The van der Waals surface area contributed by atoms with Gasteiger partial charge < -0.3 is 4.74 Å². The van der Waals surface area contributed by atoms with Gasteiger partial charge in [-0.15, -0.1) is 0 Å². The molecule has 7 heteroatoms. The molecule has 0 radical (unpaired) electrons. The van der Waals surface area contributed by atoms with Gasteiger partial charge in [-0.3, -0.25) is 18.4 Å². The molecule has 0 aromatic heterocycles. The molecule has 0 aliphatic rings. The Morgan fingerprint density at radius 1 is 0.774 bits per heavy atom. The topological polar surface area (TPSA) is 71.1 Å². The van der Waals surface area contributed by atoms with E-state index in [1.54, 1.807) is 0 Å². The van der Waals surface area contributed by atoms with Crippen molar-refractivity contribution >= 4 is 13.8 Å². The Morgan fingerprint density at radius 2 is 1.23 bits per heavy atom. The van der Waals surface area contributed by atoms with Crippen LogP contribution in [0.1, 0.15) is 52.2 Å². The fourth-order valence-corrected chi connectivity index (χ4v) is 3.99. The van der Waals surface area contributed by atoms with Crippen LogP contribution in [0.25, 0.3) is 0 Å². The number of esters is 1. The van der Waals surface area contributed by atoms with E-state index in [0.29, 0.717) is 0 Å². The van der Waals surface area contributed by atoms with Crippen molar-refractivity contribution in [2.75, 3.05) is 6.61 Å². The highest BCUT2D eigenvalue weighted by atomic mass is 31.2. The van der Waals surface area contributed by atoms with Crippen LogP contribution in [-0.4, -0.2) is 18.2 Å². The van der Waals surface area contributed by atoms with E-state index in [1.165, 1.54) is 0 Å². The van der Waals surface area contributed by atoms with Crippen molar-refractivity contribution < 1.29 is 27.7 Å². The second kappa shape index (κ2) is 11.1. The normalized spacial score (nSPS) is 12.5. The zero-order valence-corrected chi connectivity index (χ0v) is 19.9. The summed E-state index contributed by atoms with van der Waals surface area (Å²) in [6, 6.07) is 18.8. The Balaban J connectivity index is 2.02. The number of hydrogen-bond donors (Lipinski definition) is 0. The Morgan fingerprint density at radius 3 is 1.65 bits per heavy atom. The molecule has 2 aromatic carbocycles. The molecular formula is C24H33O6P. The Labute approximate surface area is 185 Å². The lowest BCUT2D eigenvalue weighted by atomic mass is 9.91. The van der Waals surface area contributed by atoms with Gasteiger partial charge in [0.25, 0.3) is 0 Å². The van der Waals surface area contributed by atoms with Gasteiger partial charge in [0.1, 0.15) is 5.60 Å². The van der Waals surface area contributed by atoms with E-state index in [9.17, 15) is 9.36 Å². The summed E-state index contributed by atoms with van der Waals surface area (Å²) in [5, 5.41) is 0. The monoisotopic (exact) mass is 448 g/mol. The minimum atomic E-state index is -3.88. The van der Waals surface area contributed by atoms with Crippen molar-refractivity contribution in [1.29, 1.82) is 0 Å². The van der Waals surface area contributed by atoms with Crippen molar-refractivity contribution in [2.24, 2.45) is 5.41 Å². The van der Waals surface area contributed by atoms with Crippen molar-refractivity contribution in [3.63, 3.8) is 0 Å². The van der Waals surface area contributed by atoms with Crippen molar-refractivity contribution in [3.05, 3.63) is 71.8 Å². The zero-order valence-electron chi connectivity index (χ0n) is 19.0. The summed E-state index contributed by atoms with van der Waals surface area (Å²) < 4.78 is 35.6. The number of phosphoric acid groups is 1. The maximum absolute atomic E-state index is 13.3. The third kappa shape index (κ3) is 10.3. The van der Waals surface area contributed by atoms with Gasteiger partial charge in [-0.05, 0) is 37.3 Å². The largest absolute Gasteiger partial charge is 0.475 e. The molecular weight excluding hydrogens is 415 g/mol. The summed E-state index contributed by atoms with van der Waals surface area (Å²) in [4.78, 5) is 12.2. The number of phosphoric ester groups is 1. The summed E-state index contributed by atoms with van der Waals surface area (Å²) >= 11 is 0. The fraction of sp³-hybridized carbons (Fsp3) is 0.458. The van der Waals surface area contributed by atoms with E-state index < -0.39 is 18.8 Å². The molecule has 170 valence electrons. The highest BCUT2D eigenvalue weighted by molar-refractivity contribution is 7.48. The van der Waals surface area contributed by atoms with Crippen LogP contribution in [0.2, 0.25) is 0 Å². The molecule has 0 amide bonds. The van der Waals surface area contributed by atoms with Crippen LogP contribution in [0.3, 0.4) is 0 Å². The highest BCUT2D eigenvalue weighted by Gasteiger charge is 2.33. The molecule has 0 saturated heterocycles. The molecule has 0 N–H and O–H groups in total. The average Bonchev–Trinajstić information content (AvgIpc) is 2.69. The average molecular weight is 448 g/mol. The summed E-state index contributed by atoms with van der Waals surface area (Å²) in [6.45, 7) is 9.31. The lowest BCUT2D eigenvalue weighted by Crippen LogP contribution is -2.29. The molecule has 0 spiro atoms. The summed E-state index contributed by atoms with van der Waals surface area (Å²) in [5.41, 5.74) is 0.510. The molecule has 0 fully saturated rings. The Bertz CT molecular complexity index is 811. The van der Waals surface area contributed by atoms with Crippen molar-refractivity contribution in [1.82, 2.24) is 0 Å². The number of carbonyl (C=O) groups is 1. The van der Waals surface area contributed by atoms with Gasteiger partial charge in [0.05, 0.1) is 26.2 Å². The number of rotatable bonds is 11. The van der Waals surface area contributed by atoms with Gasteiger partial charge in [0, 0.05) is 0 Å². The second-order valence-corrected chi connectivity index (χ2v) is 10.8. The number of ether oxygens (including phenoxy) is 1. The van der Waals surface area contributed by atoms with Crippen LogP contribution in [-0.2, 0) is 40.9 Å². The highest BCUT2D eigenvalue weighted by Crippen LogP contribution is 2.52.